The average Bonchev–Trinajstić information content (AvgIpc) is 3.12. The Morgan fingerprint density at radius 1 is 1.21 bits per heavy atom. The number of benzene rings is 1. The molecule has 2 heterocycles. The van der Waals surface area contributed by atoms with E-state index in [2.05, 4.69) is 15.3 Å². The predicted octanol–water partition coefficient (Wildman–Crippen LogP) is 2.45. The third-order valence-electron chi connectivity index (χ3n) is 2.74. The van der Waals surface area contributed by atoms with Crippen LogP contribution in [0.1, 0.15) is 10.4 Å². The van der Waals surface area contributed by atoms with Gasteiger partial charge in [-0.2, -0.15) is 0 Å². The molecule has 0 unspecified atom stereocenters. The van der Waals surface area contributed by atoms with Crippen molar-refractivity contribution >= 4 is 11.9 Å². The Kier molecular flexibility index (Phi) is 2.86. The van der Waals surface area contributed by atoms with Gasteiger partial charge in [-0.05, 0) is 30.3 Å². The van der Waals surface area contributed by atoms with E-state index < -0.39 is 0 Å². The van der Waals surface area contributed by atoms with Crippen LogP contribution in [0, 0.1) is 0 Å². The van der Waals surface area contributed by atoms with Crippen molar-refractivity contribution in [3.63, 3.8) is 0 Å². The second kappa shape index (κ2) is 4.81. The van der Waals surface area contributed by atoms with Gasteiger partial charge < -0.3 is 9.55 Å². The molecule has 0 radical (unpaired) electrons. The van der Waals surface area contributed by atoms with Crippen LogP contribution >= 0.6 is 0 Å². The summed E-state index contributed by atoms with van der Waals surface area (Å²) < 4.78 is 1.95. The molecule has 0 atom stereocenters. The van der Waals surface area contributed by atoms with Crippen molar-refractivity contribution in [2.24, 2.45) is 0 Å². The zero-order valence-electron chi connectivity index (χ0n) is 10.1. The zero-order chi connectivity index (χ0) is 13.1. The van der Waals surface area contributed by atoms with Crippen molar-refractivity contribution in [1.82, 2.24) is 14.5 Å². The number of aromatic nitrogens is 3. The highest BCUT2D eigenvalue weighted by Crippen LogP contribution is 2.12. The van der Waals surface area contributed by atoms with Gasteiger partial charge in [-0.3, -0.25) is 10.1 Å². The summed E-state index contributed by atoms with van der Waals surface area (Å²) >= 11 is 0. The number of nitrogens with one attached hydrogen (secondary N) is 2. The predicted molar refractivity (Wildman–Crippen MR) is 72.3 cm³/mol. The Balaban J connectivity index is 1.85. The van der Waals surface area contributed by atoms with E-state index in [1.54, 1.807) is 18.5 Å². The van der Waals surface area contributed by atoms with E-state index in [1.807, 2.05) is 47.3 Å². The standard InChI is InChI=1S/C14H12N4O/c19-13(17-14-15-6-7-16-14)11-4-3-5-12(10-11)18-8-1-2-9-18/h1-10H,(H2,15,16,17,19). The topological polar surface area (TPSA) is 62.7 Å². The minimum absolute atomic E-state index is 0.191. The first kappa shape index (κ1) is 11.3. The molecule has 3 aromatic rings. The summed E-state index contributed by atoms with van der Waals surface area (Å²) in [5, 5.41) is 2.70. The molecule has 0 aliphatic rings. The molecule has 0 fully saturated rings. The van der Waals surface area contributed by atoms with E-state index in [9.17, 15) is 4.79 Å². The molecule has 94 valence electrons. The lowest BCUT2D eigenvalue weighted by atomic mass is 10.2. The van der Waals surface area contributed by atoms with E-state index in [4.69, 9.17) is 0 Å². The SMILES string of the molecule is O=C(Nc1ncc[nH]1)c1cccc(-n2cccc2)c1. The van der Waals surface area contributed by atoms with Crippen LogP contribution in [0.2, 0.25) is 0 Å². The first-order chi connectivity index (χ1) is 9.33. The quantitative estimate of drug-likeness (QED) is 0.752. The van der Waals surface area contributed by atoms with Crippen molar-refractivity contribution < 1.29 is 4.79 Å². The smallest absolute Gasteiger partial charge is 0.258 e. The fraction of sp³-hybridized carbons (Fsp3) is 0. The number of imidazole rings is 1. The van der Waals surface area contributed by atoms with E-state index in [0.29, 0.717) is 11.5 Å². The van der Waals surface area contributed by atoms with Gasteiger partial charge in [0.15, 0.2) is 0 Å². The summed E-state index contributed by atoms with van der Waals surface area (Å²) in [6.07, 6.45) is 7.12. The van der Waals surface area contributed by atoms with Crippen molar-refractivity contribution in [1.29, 1.82) is 0 Å². The van der Waals surface area contributed by atoms with Crippen molar-refractivity contribution in [2.45, 2.75) is 0 Å². The summed E-state index contributed by atoms with van der Waals surface area (Å²) in [7, 11) is 0. The van der Waals surface area contributed by atoms with Gasteiger partial charge in [-0.25, -0.2) is 4.98 Å². The molecule has 0 saturated heterocycles. The Labute approximate surface area is 109 Å². The molecule has 2 aromatic heterocycles. The van der Waals surface area contributed by atoms with E-state index in [1.165, 1.54) is 0 Å². The van der Waals surface area contributed by atoms with Gasteiger partial charge in [0.2, 0.25) is 5.95 Å². The van der Waals surface area contributed by atoms with E-state index in [0.717, 1.165) is 5.69 Å². The van der Waals surface area contributed by atoms with Gasteiger partial charge in [-0.15, -0.1) is 0 Å². The maximum absolute atomic E-state index is 12.1. The van der Waals surface area contributed by atoms with Crippen molar-refractivity contribution in [3.05, 3.63) is 66.7 Å². The largest absolute Gasteiger partial charge is 0.331 e. The number of aromatic amines is 1. The minimum Gasteiger partial charge on any atom is -0.331 e. The molecule has 5 heteroatoms. The van der Waals surface area contributed by atoms with E-state index in [-0.39, 0.29) is 5.91 Å². The van der Waals surface area contributed by atoms with Gasteiger partial charge in [-0.1, -0.05) is 6.07 Å². The molecule has 19 heavy (non-hydrogen) atoms. The van der Waals surface area contributed by atoms with Gasteiger partial charge in [0, 0.05) is 36.0 Å². The molecule has 0 aliphatic heterocycles. The summed E-state index contributed by atoms with van der Waals surface area (Å²) in [5.74, 6) is 0.250. The molecule has 3 rings (SSSR count). The van der Waals surface area contributed by atoms with Gasteiger partial charge in [0.05, 0.1) is 0 Å². The Morgan fingerprint density at radius 3 is 2.79 bits per heavy atom. The number of hydrogen-bond donors (Lipinski definition) is 2. The number of carbonyl (C=O) groups is 1. The number of nitrogens with zero attached hydrogens (tertiary/aromatic N) is 2. The second-order valence-electron chi connectivity index (χ2n) is 4.03. The molecule has 0 saturated carbocycles. The summed E-state index contributed by atoms with van der Waals surface area (Å²) in [4.78, 5) is 18.8. The third-order valence-corrected chi connectivity index (χ3v) is 2.74. The number of hydrogen-bond acceptors (Lipinski definition) is 2. The minimum atomic E-state index is -0.191. The molecule has 0 spiro atoms. The third kappa shape index (κ3) is 2.40. The molecule has 5 nitrogen and oxygen atoms in total. The normalized spacial score (nSPS) is 10.3. The van der Waals surface area contributed by atoms with Crippen LogP contribution in [0.5, 0.6) is 0 Å². The van der Waals surface area contributed by atoms with Crippen LogP contribution in [-0.2, 0) is 0 Å². The lowest BCUT2D eigenvalue weighted by Crippen LogP contribution is -2.13. The molecule has 1 amide bonds. The Hall–Kier alpha value is -2.82. The highest BCUT2D eigenvalue weighted by molar-refractivity contribution is 6.03. The monoisotopic (exact) mass is 252 g/mol. The highest BCUT2D eigenvalue weighted by Gasteiger charge is 2.08. The molecular formula is C14H12N4O. The van der Waals surface area contributed by atoms with Gasteiger partial charge >= 0.3 is 0 Å². The number of anilines is 1. The molecule has 2 N–H and O–H groups in total. The van der Waals surface area contributed by atoms with Crippen molar-refractivity contribution in [2.75, 3.05) is 5.32 Å². The number of H-pyrrole nitrogens is 1. The molecule has 0 aliphatic carbocycles. The van der Waals surface area contributed by atoms with Crippen LogP contribution < -0.4 is 5.32 Å². The maximum atomic E-state index is 12.1. The highest BCUT2D eigenvalue weighted by atomic mass is 16.1. The Bertz CT molecular complexity index is 671. The van der Waals surface area contributed by atoms with Crippen LogP contribution in [0.3, 0.4) is 0 Å². The van der Waals surface area contributed by atoms with Gasteiger partial charge in [0.25, 0.3) is 5.91 Å². The average molecular weight is 252 g/mol. The number of carbonyl (C=O) groups excluding carboxylic acids is 1. The van der Waals surface area contributed by atoms with Crippen molar-refractivity contribution in [3.8, 4) is 5.69 Å². The molecule has 1 aromatic carbocycles. The fourth-order valence-corrected chi connectivity index (χ4v) is 1.83. The van der Waals surface area contributed by atoms with Gasteiger partial charge in [0.1, 0.15) is 0 Å². The maximum Gasteiger partial charge on any atom is 0.258 e. The Morgan fingerprint density at radius 2 is 2.05 bits per heavy atom. The van der Waals surface area contributed by atoms with E-state index >= 15 is 0 Å². The lowest BCUT2D eigenvalue weighted by molar-refractivity contribution is 0.102. The first-order valence-corrected chi connectivity index (χ1v) is 5.87. The summed E-state index contributed by atoms with van der Waals surface area (Å²) in [5.41, 5.74) is 1.53. The van der Waals surface area contributed by atoms with Crippen LogP contribution in [0.4, 0.5) is 5.95 Å². The number of amides is 1. The summed E-state index contributed by atoms with van der Waals surface area (Å²) in [6, 6.07) is 11.3. The molecule has 0 bridgehead atoms. The van der Waals surface area contributed by atoms with Crippen LogP contribution in [-0.4, -0.2) is 20.4 Å². The number of rotatable bonds is 3. The second-order valence-corrected chi connectivity index (χ2v) is 4.03. The summed E-state index contributed by atoms with van der Waals surface area (Å²) in [6.45, 7) is 0. The van der Waals surface area contributed by atoms with Crippen LogP contribution in [0.15, 0.2) is 61.2 Å². The fourth-order valence-electron chi connectivity index (χ4n) is 1.83. The van der Waals surface area contributed by atoms with Crippen LogP contribution in [0.25, 0.3) is 5.69 Å². The first-order valence-electron chi connectivity index (χ1n) is 5.87. The lowest BCUT2D eigenvalue weighted by Gasteiger charge is -2.06. The molecular weight excluding hydrogens is 240 g/mol. The zero-order valence-corrected chi connectivity index (χ0v) is 10.1.